The number of rotatable bonds is 3. The summed E-state index contributed by atoms with van der Waals surface area (Å²) < 4.78 is 13.0. The topological polar surface area (TPSA) is 16.1 Å². The smallest absolute Gasteiger partial charge is 0.123 e. The Morgan fingerprint density at radius 1 is 1.33 bits per heavy atom. The van der Waals surface area contributed by atoms with Crippen LogP contribution >= 0.6 is 11.3 Å². The van der Waals surface area contributed by atoms with Crippen LogP contribution in [0.4, 0.5) is 4.39 Å². The third-order valence-electron chi connectivity index (χ3n) is 3.44. The molecule has 2 aromatic rings. The summed E-state index contributed by atoms with van der Waals surface area (Å²) in [7, 11) is 0. The van der Waals surface area contributed by atoms with Gasteiger partial charge in [0.25, 0.3) is 0 Å². The zero-order valence-electron chi connectivity index (χ0n) is 10.1. The van der Waals surface area contributed by atoms with Gasteiger partial charge in [-0.15, -0.1) is 11.3 Å². The molecular formula is C14H15FN2S. The number of likely N-dealkylation sites (tertiary alicyclic amines) is 1. The Bertz CT molecular complexity index is 495. The minimum absolute atomic E-state index is 0.164. The standard InChI is InChI=1S/C14H15FN2S/c15-12-5-3-11(4-6-12)13-2-1-8-17(13)10-14-16-7-9-18-14/h3-7,9,13H,1-2,8,10H2. The van der Waals surface area contributed by atoms with Crippen molar-refractivity contribution in [2.45, 2.75) is 25.4 Å². The van der Waals surface area contributed by atoms with Crippen LogP contribution in [-0.4, -0.2) is 16.4 Å². The largest absolute Gasteiger partial charge is 0.290 e. The van der Waals surface area contributed by atoms with E-state index in [1.54, 1.807) is 23.5 Å². The van der Waals surface area contributed by atoms with Gasteiger partial charge in [-0.05, 0) is 37.1 Å². The van der Waals surface area contributed by atoms with Gasteiger partial charge < -0.3 is 0 Å². The first-order chi connectivity index (χ1) is 8.83. The van der Waals surface area contributed by atoms with Crippen LogP contribution < -0.4 is 0 Å². The van der Waals surface area contributed by atoms with E-state index in [-0.39, 0.29) is 5.82 Å². The molecule has 4 heteroatoms. The molecule has 0 bridgehead atoms. The molecule has 1 unspecified atom stereocenters. The highest BCUT2D eigenvalue weighted by atomic mass is 32.1. The SMILES string of the molecule is Fc1ccc(C2CCCN2Cc2nccs2)cc1. The molecule has 0 amide bonds. The number of nitrogens with zero attached hydrogens (tertiary/aromatic N) is 2. The lowest BCUT2D eigenvalue weighted by molar-refractivity contribution is 0.248. The van der Waals surface area contributed by atoms with E-state index in [4.69, 9.17) is 0 Å². The van der Waals surface area contributed by atoms with Crippen molar-refractivity contribution in [2.75, 3.05) is 6.54 Å². The maximum Gasteiger partial charge on any atom is 0.123 e. The maximum absolute atomic E-state index is 13.0. The van der Waals surface area contributed by atoms with E-state index in [9.17, 15) is 4.39 Å². The molecule has 1 aliphatic rings. The van der Waals surface area contributed by atoms with Crippen molar-refractivity contribution in [1.29, 1.82) is 0 Å². The van der Waals surface area contributed by atoms with Gasteiger partial charge in [-0.1, -0.05) is 12.1 Å². The van der Waals surface area contributed by atoms with E-state index in [0.29, 0.717) is 6.04 Å². The number of hydrogen-bond acceptors (Lipinski definition) is 3. The van der Waals surface area contributed by atoms with Crippen molar-refractivity contribution in [3.8, 4) is 0 Å². The van der Waals surface area contributed by atoms with E-state index in [1.165, 1.54) is 12.0 Å². The molecule has 3 rings (SSSR count). The van der Waals surface area contributed by atoms with Crippen molar-refractivity contribution >= 4 is 11.3 Å². The lowest BCUT2D eigenvalue weighted by Crippen LogP contribution is -2.22. The van der Waals surface area contributed by atoms with Crippen LogP contribution in [0.2, 0.25) is 0 Å². The number of benzene rings is 1. The predicted molar refractivity (Wildman–Crippen MR) is 70.9 cm³/mol. The van der Waals surface area contributed by atoms with Gasteiger partial charge in [0.2, 0.25) is 0 Å². The zero-order chi connectivity index (χ0) is 12.4. The van der Waals surface area contributed by atoms with Crippen molar-refractivity contribution in [1.82, 2.24) is 9.88 Å². The van der Waals surface area contributed by atoms with Crippen molar-refractivity contribution < 1.29 is 4.39 Å². The average Bonchev–Trinajstić information content (AvgIpc) is 3.02. The van der Waals surface area contributed by atoms with Gasteiger partial charge in [0, 0.05) is 17.6 Å². The second-order valence-electron chi connectivity index (χ2n) is 4.61. The van der Waals surface area contributed by atoms with Crippen molar-refractivity contribution in [3.05, 3.63) is 52.2 Å². The van der Waals surface area contributed by atoms with Crippen LogP contribution in [0, 0.1) is 5.82 Å². The number of aromatic nitrogens is 1. The van der Waals surface area contributed by atoms with Crippen molar-refractivity contribution in [2.24, 2.45) is 0 Å². The fourth-order valence-electron chi connectivity index (χ4n) is 2.58. The fourth-order valence-corrected chi connectivity index (χ4v) is 3.22. The molecule has 94 valence electrons. The van der Waals surface area contributed by atoms with E-state index in [2.05, 4.69) is 9.88 Å². The molecule has 0 aliphatic carbocycles. The maximum atomic E-state index is 13.0. The Morgan fingerprint density at radius 2 is 2.17 bits per heavy atom. The molecule has 0 N–H and O–H groups in total. The van der Waals surface area contributed by atoms with E-state index in [1.807, 2.05) is 23.7 Å². The molecule has 0 spiro atoms. The van der Waals surface area contributed by atoms with Crippen LogP contribution in [-0.2, 0) is 6.54 Å². The van der Waals surface area contributed by atoms with Crippen LogP contribution in [0.15, 0.2) is 35.8 Å². The Labute approximate surface area is 110 Å². The van der Waals surface area contributed by atoms with Crippen LogP contribution in [0.1, 0.15) is 29.5 Å². The summed E-state index contributed by atoms with van der Waals surface area (Å²) in [6.07, 6.45) is 4.20. The molecule has 1 saturated heterocycles. The second-order valence-corrected chi connectivity index (χ2v) is 5.59. The Kier molecular flexibility index (Phi) is 3.39. The monoisotopic (exact) mass is 262 g/mol. The minimum Gasteiger partial charge on any atom is -0.290 e. The molecule has 18 heavy (non-hydrogen) atoms. The first-order valence-electron chi connectivity index (χ1n) is 6.21. The lowest BCUT2D eigenvalue weighted by atomic mass is 10.0. The summed E-state index contributed by atoms with van der Waals surface area (Å²) in [6.45, 7) is 2.00. The molecule has 1 atom stereocenters. The molecule has 0 saturated carbocycles. The second kappa shape index (κ2) is 5.16. The summed E-state index contributed by atoms with van der Waals surface area (Å²) in [6, 6.07) is 7.32. The van der Waals surface area contributed by atoms with E-state index < -0.39 is 0 Å². The third-order valence-corrected chi connectivity index (χ3v) is 4.20. The average molecular weight is 262 g/mol. The van der Waals surface area contributed by atoms with Gasteiger partial charge in [0.15, 0.2) is 0 Å². The van der Waals surface area contributed by atoms with Crippen LogP contribution in [0.25, 0.3) is 0 Å². The molecule has 2 nitrogen and oxygen atoms in total. The van der Waals surface area contributed by atoms with Crippen molar-refractivity contribution in [3.63, 3.8) is 0 Å². The Morgan fingerprint density at radius 3 is 2.89 bits per heavy atom. The molecule has 0 radical (unpaired) electrons. The molecular weight excluding hydrogens is 247 g/mol. The van der Waals surface area contributed by atoms with Gasteiger partial charge >= 0.3 is 0 Å². The molecule has 1 fully saturated rings. The highest BCUT2D eigenvalue weighted by Crippen LogP contribution is 2.33. The highest BCUT2D eigenvalue weighted by Gasteiger charge is 2.26. The van der Waals surface area contributed by atoms with E-state index >= 15 is 0 Å². The van der Waals surface area contributed by atoms with Crippen LogP contribution in [0.5, 0.6) is 0 Å². The number of hydrogen-bond donors (Lipinski definition) is 0. The summed E-state index contributed by atoms with van der Waals surface area (Å²) >= 11 is 1.70. The third kappa shape index (κ3) is 2.44. The summed E-state index contributed by atoms with van der Waals surface area (Å²) in [5.41, 5.74) is 1.21. The predicted octanol–water partition coefficient (Wildman–Crippen LogP) is 3.62. The van der Waals surface area contributed by atoms with Gasteiger partial charge in [-0.2, -0.15) is 0 Å². The molecule has 1 aromatic heterocycles. The quantitative estimate of drug-likeness (QED) is 0.840. The lowest BCUT2D eigenvalue weighted by Gasteiger charge is -2.23. The van der Waals surface area contributed by atoms with Gasteiger partial charge in [-0.3, -0.25) is 4.90 Å². The van der Waals surface area contributed by atoms with Gasteiger partial charge in [-0.25, -0.2) is 9.37 Å². The minimum atomic E-state index is -0.164. The summed E-state index contributed by atoms with van der Waals surface area (Å²) in [5.74, 6) is -0.164. The molecule has 1 aliphatic heterocycles. The van der Waals surface area contributed by atoms with Gasteiger partial charge in [0.1, 0.15) is 10.8 Å². The van der Waals surface area contributed by atoms with Crippen LogP contribution in [0.3, 0.4) is 0 Å². The van der Waals surface area contributed by atoms with E-state index in [0.717, 1.165) is 24.5 Å². The van der Waals surface area contributed by atoms with Gasteiger partial charge in [0.05, 0.1) is 6.54 Å². The highest BCUT2D eigenvalue weighted by molar-refractivity contribution is 7.09. The number of thiazole rings is 1. The number of halogens is 1. The fraction of sp³-hybridized carbons (Fsp3) is 0.357. The normalized spacial score (nSPS) is 20.4. The first-order valence-corrected chi connectivity index (χ1v) is 7.09. The molecule has 1 aromatic carbocycles. The zero-order valence-corrected chi connectivity index (χ0v) is 10.9. The Hall–Kier alpha value is -1.26. The first kappa shape index (κ1) is 11.8. The summed E-state index contributed by atoms with van der Waals surface area (Å²) in [5, 5.41) is 3.17. The Balaban J connectivity index is 1.76. The molecule has 2 heterocycles. The summed E-state index contributed by atoms with van der Waals surface area (Å²) in [4.78, 5) is 6.78.